The predicted molar refractivity (Wildman–Crippen MR) is 103 cm³/mol. The molecular weight excluding hydrogens is 334 g/mol. The first-order valence-electron chi connectivity index (χ1n) is 7.70. The molecule has 124 valence electrons. The minimum Gasteiger partial charge on any atom is -0.338 e. The van der Waals surface area contributed by atoms with Crippen molar-refractivity contribution in [2.45, 2.75) is 6.92 Å². The number of thiocarbonyl (C=S) groups is 1. The fourth-order valence-electron chi connectivity index (χ4n) is 2.49. The van der Waals surface area contributed by atoms with E-state index in [4.69, 9.17) is 12.2 Å². The van der Waals surface area contributed by atoms with Crippen molar-refractivity contribution in [3.05, 3.63) is 54.1 Å². The molecule has 4 N–H and O–H groups in total. The van der Waals surface area contributed by atoms with Gasteiger partial charge in [0.15, 0.2) is 10.8 Å². The number of nitrogens with one attached hydrogen (secondary N) is 4. The van der Waals surface area contributed by atoms with Crippen LogP contribution in [0.15, 0.2) is 48.5 Å². The number of aryl methyl sites for hydroxylation is 1. The first-order chi connectivity index (χ1) is 12.2. The van der Waals surface area contributed by atoms with Crippen LogP contribution in [0.2, 0.25) is 0 Å². The number of hydrogen-bond donors (Lipinski definition) is 4. The van der Waals surface area contributed by atoms with Gasteiger partial charge in [-0.15, -0.1) is 10.2 Å². The minimum absolute atomic E-state index is 0.326. The number of anilines is 2. The number of para-hydroxylation sites is 1. The van der Waals surface area contributed by atoms with Crippen molar-refractivity contribution < 1.29 is 0 Å². The zero-order valence-electron chi connectivity index (χ0n) is 13.4. The van der Waals surface area contributed by atoms with Crippen LogP contribution in [-0.2, 0) is 0 Å². The minimum atomic E-state index is 0.326. The summed E-state index contributed by atoms with van der Waals surface area (Å²) in [7, 11) is 0. The molecule has 0 aliphatic rings. The van der Waals surface area contributed by atoms with Crippen molar-refractivity contribution in [2.24, 2.45) is 0 Å². The molecule has 0 unspecified atom stereocenters. The Morgan fingerprint density at radius 3 is 2.68 bits per heavy atom. The topological polar surface area (TPSA) is 90.5 Å². The summed E-state index contributed by atoms with van der Waals surface area (Å²) in [6.07, 6.45) is 0. The van der Waals surface area contributed by atoms with E-state index < -0.39 is 0 Å². The lowest BCUT2D eigenvalue weighted by Crippen LogP contribution is -2.34. The number of nitrogens with zero attached hydrogens (tertiary/aromatic N) is 3. The molecule has 4 rings (SSSR count). The van der Waals surface area contributed by atoms with Crippen molar-refractivity contribution in [3.63, 3.8) is 0 Å². The molecule has 0 spiro atoms. The first-order valence-corrected chi connectivity index (χ1v) is 8.11. The Morgan fingerprint density at radius 2 is 1.84 bits per heavy atom. The summed E-state index contributed by atoms with van der Waals surface area (Å²) in [5.41, 5.74) is 10.2. The van der Waals surface area contributed by atoms with Gasteiger partial charge >= 0.3 is 0 Å². The number of H-pyrrole nitrogens is 1. The summed E-state index contributed by atoms with van der Waals surface area (Å²) in [5.74, 6) is 0.326. The third-order valence-corrected chi connectivity index (χ3v) is 3.92. The number of fused-ring (bicyclic) bond motifs is 3. The summed E-state index contributed by atoms with van der Waals surface area (Å²) in [5, 5.41) is 12.8. The molecule has 2 aromatic carbocycles. The number of aromatic amines is 1. The highest BCUT2D eigenvalue weighted by Gasteiger charge is 2.08. The second kappa shape index (κ2) is 6.33. The van der Waals surface area contributed by atoms with Crippen molar-refractivity contribution >= 4 is 51.0 Å². The van der Waals surface area contributed by atoms with Crippen molar-refractivity contribution in [2.75, 3.05) is 10.7 Å². The summed E-state index contributed by atoms with van der Waals surface area (Å²) in [4.78, 5) is 7.63. The van der Waals surface area contributed by atoms with Gasteiger partial charge in [-0.25, -0.2) is 0 Å². The van der Waals surface area contributed by atoms with Crippen LogP contribution in [0.5, 0.6) is 0 Å². The van der Waals surface area contributed by atoms with Crippen LogP contribution in [0, 0.1) is 6.92 Å². The molecule has 8 heteroatoms. The molecular formula is C17H15N7S. The van der Waals surface area contributed by atoms with E-state index in [9.17, 15) is 0 Å². The Hall–Kier alpha value is -3.26. The van der Waals surface area contributed by atoms with Crippen LogP contribution in [-0.4, -0.2) is 25.3 Å². The molecule has 0 fully saturated rings. The van der Waals surface area contributed by atoms with Crippen LogP contribution in [0.1, 0.15) is 5.56 Å². The number of rotatable bonds is 3. The van der Waals surface area contributed by atoms with Gasteiger partial charge in [0.05, 0.1) is 0 Å². The molecule has 0 aliphatic carbocycles. The number of hydrazine groups is 1. The van der Waals surface area contributed by atoms with E-state index >= 15 is 0 Å². The fourth-order valence-corrected chi connectivity index (χ4v) is 2.65. The van der Waals surface area contributed by atoms with Gasteiger partial charge in [-0.2, -0.15) is 4.98 Å². The Labute approximate surface area is 148 Å². The van der Waals surface area contributed by atoms with Gasteiger partial charge in [-0.3, -0.25) is 10.9 Å². The zero-order chi connectivity index (χ0) is 17.2. The molecule has 25 heavy (non-hydrogen) atoms. The molecule has 0 atom stereocenters. The highest BCUT2D eigenvalue weighted by Crippen LogP contribution is 2.21. The zero-order valence-corrected chi connectivity index (χ0v) is 14.2. The standard InChI is InChI=1S/C17H15N7S/c1-10-6-8-11(9-7-10)18-17(25)24-23-16-20-15-14(21-22-16)12-4-2-3-5-13(12)19-15/h2-9H,1H3,(H2,18,24,25)(H2,19,20,22,23). The van der Waals surface area contributed by atoms with Crippen molar-refractivity contribution in [1.82, 2.24) is 25.6 Å². The number of benzene rings is 2. The molecule has 0 bridgehead atoms. The first kappa shape index (κ1) is 15.3. The van der Waals surface area contributed by atoms with Gasteiger partial charge < -0.3 is 10.3 Å². The van der Waals surface area contributed by atoms with Crippen LogP contribution in [0.25, 0.3) is 22.1 Å². The summed E-state index contributed by atoms with van der Waals surface area (Å²) < 4.78 is 0. The monoisotopic (exact) mass is 349 g/mol. The van der Waals surface area contributed by atoms with Gasteiger partial charge in [-0.1, -0.05) is 35.9 Å². The molecule has 0 saturated carbocycles. The van der Waals surface area contributed by atoms with E-state index in [1.54, 1.807) is 0 Å². The van der Waals surface area contributed by atoms with Gasteiger partial charge in [0.2, 0.25) is 0 Å². The molecule has 0 saturated heterocycles. The lowest BCUT2D eigenvalue weighted by Gasteiger charge is -2.11. The molecule has 0 aliphatic heterocycles. The highest BCUT2D eigenvalue weighted by molar-refractivity contribution is 7.80. The third-order valence-electron chi connectivity index (χ3n) is 3.72. The predicted octanol–water partition coefficient (Wildman–Crippen LogP) is 3.13. The van der Waals surface area contributed by atoms with Gasteiger partial charge in [0.1, 0.15) is 5.52 Å². The third kappa shape index (κ3) is 3.20. The molecule has 2 aromatic heterocycles. The highest BCUT2D eigenvalue weighted by atomic mass is 32.1. The van der Waals surface area contributed by atoms with Gasteiger partial charge in [-0.05, 0) is 37.3 Å². The maximum absolute atomic E-state index is 5.25. The largest absolute Gasteiger partial charge is 0.338 e. The Kier molecular flexibility index (Phi) is 3.87. The average Bonchev–Trinajstić information content (AvgIpc) is 3.00. The van der Waals surface area contributed by atoms with Crippen LogP contribution >= 0.6 is 12.2 Å². The van der Waals surface area contributed by atoms with Crippen LogP contribution < -0.4 is 16.2 Å². The lowest BCUT2D eigenvalue weighted by molar-refractivity contribution is 0.972. The average molecular weight is 349 g/mol. The molecule has 4 aromatic rings. The van der Waals surface area contributed by atoms with E-state index in [-0.39, 0.29) is 0 Å². The van der Waals surface area contributed by atoms with Crippen molar-refractivity contribution in [1.29, 1.82) is 0 Å². The smallest absolute Gasteiger partial charge is 0.263 e. The molecule has 0 amide bonds. The lowest BCUT2D eigenvalue weighted by atomic mass is 10.2. The van der Waals surface area contributed by atoms with Gasteiger partial charge in [0, 0.05) is 16.6 Å². The fraction of sp³-hybridized carbons (Fsp3) is 0.0588. The summed E-state index contributed by atoms with van der Waals surface area (Å²) in [6.45, 7) is 2.03. The number of aromatic nitrogens is 4. The second-order valence-electron chi connectivity index (χ2n) is 5.57. The maximum atomic E-state index is 5.25. The molecule has 2 heterocycles. The molecule has 0 radical (unpaired) electrons. The van der Waals surface area contributed by atoms with Crippen molar-refractivity contribution in [3.8, 4) is 0 Å². The molecule has 7 nitrogen and oxygen atoms in total. The number of hydrogen-bond acceptors (Lipinski definition) is 5. The van der Waals surface area contributed by atoms with Crippen LogP contribution in [0.4, 0.5) is 11.6 Å². The van der Waals surface area contributed by atoms with E-state index in [2.05, 4.69) is 36.3 Å². The normalized spacial score (nSPS) is 10.8. The van der Waals surface area contributed by atoms with E-state index in [0.29, 0.717) is 16.7 Å². The Morgan fingerprint density at radius 1 is 1.04 bits per heavy atom. The van der Waals surface area contributed by atoms with E-state index in [1.807, 2.05) is 55.5 Å². The second-order valence-corrected chi connectivity index (χ2v) is 5.98. The van der Waals surface area contributed by atoms with Gasteiger partial charge in [0.25, 0.3) is 5.95 Å². The summed E-state index contributed by atoms with van der Waals surface area (Å²) in [6, 6.07) is 15.8. The summed E-state index contributed by atoms with van der Waals surface area (Å²) >= 11 is 5.25. The van der Waals surface area contributed by atoms with Crippen LogP contribution in [0.3, 0.4) is 0 Å². The van der Waals surface area contributed by atoms with E-state index in [0.717, 1.165) is 22.1 Å². The maximum Gasteiger partial charge on any atom is 0.263 e. The quantitative estimate of drug-likeness (QED) is 0.334. The van der Waals surface area contributed by atoms with E-state index in [1.165, 1.54) is 5.56 Å². The Bertz CT molecular complexity index is 1060. The SMILES string of the molecule is Cc1ccc(NC(=S)NNc2nnc3c(n2)[nH]c2ccccc23)cc1. The Balaban J connectivity index is 1.46.